The Balaban J connectivity index is 2.24. The summed E-state index contributed by atoms with van der Waals surface area (Å²) in [6, 6.07) is 7.76. The molecule has 0 bridgehead atoms. The van der Waals surface area contributed by atoms with Gasteiger partial charge in [0.25, 0.3) is 5.91 Å². The molecule has 126 valence electrons. The van der Waals surface area contributed by atoms with Gasteiger partial charge in [-0.2, -0.15) is 0 Å². The van der Waals surface area contributed by atoms with Crippen molar-refractivity contribution >= 4 is 11.8 Å². The molecule has 0 aliphatic carbocycles. The van der Waals surface area contributed by atoms with Gasteiger partial charge in [0.15, 0.2) is 0 Å². The quantitative estimate of drug-likeness (QED) is 0.931. The van der Waals surface area contributed by atoms with Crippen LogP contribution in [0.2, 0.25) is 0 Å². The lowest BCUT2D eigenvalue weighted by atomic mass is 9.86. The van der Waals surface area contributed by atoms with E-state index in [-0.39, 0.29) is 17.2 Å². The number of hydrogen-bond donors (Lipinski definition) is 1. The number of nitrogens with one attached hydrogen (secondary N) is 1. The van der Waals surface area contributed by atoms with Crippen molar-refractivity contribution in [1.29, 1.82) is 0 Å². The van der Waals surface area contributed by atoms with Crippen LogP contribution in [0.25, 0.3) is 0 Å². The SMILES string of the molecule is CCNC(=O)C1(C)CCCN1C(=O)c1ccc(C(C)(C)C)cc1. The Morgan fingerprint density at radius 2 is 1.83 bits per heavy atom. The second-order valence-electron chi connectivity index (χ2n) is 7.52. The molecule has 0 saturated carbocycles. The smallest absolute Gasteiger partial charge is 0.254 e. The van der Waals surface area contributed by atoms with Crippen LogP contribution in [0.4, 0.5) is 0 Å². The maximum absolute atomic E-state index is 12.9. The second kappa shape index (κ2) is 6.34. The van der Waals surface area contributed by atoms with Crippen molar-refractivity contribution in [2.75, 3.05) is 13.1 Å². The van der Waals surface area contributed by atoms with Crippen LogP contribution < -0.4 is 5.32 Å². The Kier molecular flexibility index (Phi) is 4.83. The van der Waals surface area contributed by atoms with Crippen LogP contribution in [0, 0.1) is 0 Å². The fraction of sp³-hybridized carbons (Fsp3) is 0.579. The van der Waals surface area contributed by atoms with E-state index in [9.17, 15) is 9.59 Å². The fourth-order valence-electron chi connectivity index (χ4n) is 3.14. The van der Waals surface area contributed by atoms with Crippen molar-refractivity contribution in [3.05, 3.63) is 35.4 Å². The lowest BCUT2D eigenvalue weighted by Gasteiger charge is -2.34. The number of nitrogens with zero attached hydrogens (tertiary/aromatic N) is 1. The third kappa shape index (κ3) is 3.41. The van der Waals surface area contributed by atoms with Gasteiger partial charge in [-0.1, -0.05) is 32.9 Å². The minimum absolute atomic E-state index is 0.0582. The van der Waals surface area contributed by atoms with E-state index in [0.29, 0.717) is 25.1 Å². The molecule has 1 N–H and O–H groups in total. The summed E-state index contributed by atoms with van der Waals surface area (Å²) in [5.74, 6) is -0.117. The minimum Gasteiger partial charge on any atom is -0.354 e. The molecule has 1 aromatic rings. The zero-order valence-electron chi connectivity index (χ0n) is 14.9. The van der Waals surface area contributed by atoms with Gasteiger partial charge in [-0.15, -0.1) is 0 Å². The van der Waals surface area contributed by atoms with Crippen LogP contribution >= 0.6 is 0 Å². The largest absolute Gasteiger partial charge is 0.354 e. The van der Waals surface area contributed by atoms with Gasteiger partial charge in [-0.05, 0) is 49.8 Å². The molecule has 1 aliphatic heterocycles. The van der Waals surface area contributed by atoms with E-state index in [1.165, 1.54) is 5.56 Å². The zero-order chi connectivity index (χ0) is 17.3. The number of carbonyl (C=O) groups excluding carboxylic acids is 2. The van der Waals surface area contributed by atoms with Gasteiger partial charge in [0.2, 0.25) is 5.91 Å². The van der Waals surface area contributed by atoms with E-state index in [1.54, 1.807) is 4.90 Å². The number of likely N-dealkylation sites (N-methyl/N-ethyl adjacent to an activating group) is 1. The lowest BCUT2D eigenvalue weighted by Crippen LogP contribution is -2.55. The molecular formula is C19H28N2O2. The van der Waals surface area contributed by atoms with E-state index < -0.39 is 5.54 Å². The first kappa shape index (κ1) is 17.5. The van der Waals surface area contributed by atoms with Crippen molar-refractivity contribution < 1.29 is 9.59 Å². The number of carbonyl (C=O) groups is 2. The summed E-state index contributed by atoms with van der Waals surface area (Å²) in [5.41, 5.74) is 1.16. The molecule has 1 aromatic carbocycles. The highest BCUT2D eigenvalue weighted by molar-refractivity contribution is 5.99. The van der Waals surface area contributed by atoms with Gasteiger partial charge >= 0.3 is 0 Å². The van der Waals surface area contributed by atoms with Crippen molar-refractivity contribution in [2.24, 2.45) is 0 Å². The standard InChI is InChI=1S/C19H28N2O2/c1-6-20-17(23)19(5)12-7-13-21(19)16(22)14-8-10-15(11-9-14)18(2,3)4/h8-11H,6-7,12-13H2,1-5H3,(H,20,23). The third-order valence-electron chi connectivity index (χ3n) is 4.71. The van der Waals surface area contributed by atoms with Crippen LogP contribution in [-0.4, -0.2) is 35.3 Å². The van der Waals surface area contributed by atoms with Crippen molar-refractivity contribution in [3.63, 3.8) is 0 Å². The Bertz CT molecular complexity index is 586. The predicted molar refractivity (Wildman–Crippen MR) is 92.5 cm³/mol. The number of likely N-dealkylation sites (tertiary alicyclic amines) is 1. The first-order valence-corrected chi connectivity index (χ1v) is 8.41. The van der Waals surface area contributed by atoms with Crippen LogP contribution in [0.3, 0.4) is 0 Å². The molecule has 1 atom stereocenters. The van der Waals surface area contributed by atoms with Gasteiger partial charge in [0.05, 0.1) is 0 Å². The average molecular weight is 316 g/mol. The molecule has 0 radical (unpaired) electrons. The molecule has 2 rings (SSSR count). The normalized spacial score (nSPS) is 21.3. The maximum atomic E-state index is 12.9. The summed E-state index contributed by atoms with van der Waals surface area (Å²) >= 11 is 0. The summed E-state index contributed by atoms with van der Waals surface area (Å²) in [6.45, 7) is 11.4. The number of hydrogen-bond acceptors (Lipinski definition) is 2. The summed E-state index contributed by atoms with van der Waals surface area (Å²) < 4.78 is 0. The molecule has 4 nitrogen and oxygen atoms in total. The molecule has 2 amide bonds. The van der Waals surface area contributed by atoms with E-state index in [1.807, 2.05) is 38.1 Å². The molecule has 1 saturated heterocycles. The van der Waals surface area contributed by atoms with E-state index in [4.69, 9.17) is 0 Å². The lowest BCUT2D eigenvalue weighted by molar-refractivity contribution is -0.129. The number of benzene rings is 1. The fourth-order valence-corrected chi connectivity index (χ4v) is 3.14. The van der Waals surface area contributed by atoms with Crippen molar-refractivity contribution in [1.82, 2.24) is 10.2 Å². The van der Waals surface area contributed by atoms with Crippen LogP contribution in [0.5, 0.6) is 0 Å². The van der Waals surface area contributed by atoms with Crippen LogP contribution in [-0.2, 0) is 10.2 Å². The summed E-state index contributed by atoms with van der Waals surface area (Å²) in [4.78, 5) is 27.0. The van der Waals surface area contributed by atoms with Gasteiger partial charge in [-0.3, -0.25) is 9.59 Å². The predicted octanol–water partition coefficient (Wildman–Crippen LogP) is 3.11. The Morgan fingerprint density at radius 1 is 1.22 bits per heavy atom. The minimum atomic E-state index is -0.740. The second-order valence-corrected chi connectivity index (χ2v) is 7.52. The topological polar surface area (TPSA) is 49.4 Å². The van der Waals surface area contributed by atoms with Gasteiger partial charge in [-0.25, -0.2) is 0 Å². The monoisotopic (exact) mass is 316 g/mol. The Hall–Kier alpha value is -1.84. The van der Waals surface area contributed by atoms with E-state index >= 15 is 0 Å². The molecule has 1 heterocycles. The molecule has 1 fully saturated rings. The molecular weight excluding hydrogens is 288 g/mol. The molecule has 0 spiro atoms. The first-order chi connectivity index (χ1) is 10.7. The molecule has 1 unspecified atom stereocenters. The Labute approximate surface area is 139 Å². The van der Waals surface area contributed by atoms with Crippen molar-refractivity contribution in [2.45, 2.75) is 58.4 Å². The summed E-state index contributed by atoms with van der Waals surface area (Å²) in [6.07, 6.45) is 1.57. The number of amides is 2. The van der Waals surface area contributed by atoms with Crippen LogP contribution in [0.1, 0.15) is 63.4 Å². The maximum Gasteiger partial charge on any atom is 0.254 e. The average Bonchev–Trinajstić information content (AvgIpc) is 2.89. The summed E-state index contributed by atoms with van der Waals surface area (Å²) in [5, 5.41) is 2.86. The van der Waals surface area contributed by atoms with E-state index in [0.717, 1.165) is 6.42 Å². The van der Waals surface area contributed by atoms with Crippen molar-refractivity contribution in [3.8, 4) is 0 Å². The zero-order valence-corrected chi connectivity index (χ0v) is 14.9. The van der Waals surface area contributed by atoms with E-state index in [2.05, 4.69) is 26.1 Å². The summed E-state index contributed by atoms with van der Waals surface area (Å²) in [7, 11) is 0. The van der Waals surface area contributed by atoms with Gasteiger partial charge < -0.3 is 10.2 Å². The molecule has 23 heavy (non-hydrogen) atoms. The van der Waals surface area contributed by atoms with Gasteiger partial charge in [0, 0.05) is 18.7 Å². The molecule has 4 heteroatoms. The van der Waals surface area contributed by atoms with Gasteiger partial charge in [0.1, 0.15) is 5.54 Å². The highest BCUT2D eigenvalue weighted by Crippen LogP contribution is 2.31. The highest BCUT2D eigenvalue weighted by Gasteiger charge is 2.45. The molecule has 0 aromatic heterocycles. The Morgan fingerprint density at radius 3 is 2.35 bits per heavy atom. The molecule has 1 aliphatic rings. The van der Waals surface area contributed by atoms with Crippen LogP contribution in [0.15, 0.2) is 24.3 Å². The number of rotatable bonds is 3. The first-order valence-electron chi connectivity index (χ1n) is 8.41. The highest BCUT2D eigenvalue weighted by atomic mass is 16.2. The third-order valence-corrected chi connectivity index (χ3v) is 4.71.